The van der Waals surface area contributed by atoms with Gasteiger partial charge < -0.3 is 14.3 Å². The number of ether oxygens (including phenoxy) is 2. The molecule has 0 bridgehead atoms. The molecule has 0 aromatic rings. The maximum Gasteiger partial charge on any atom is 0.346 e. The number of carbonyl (C=O) groups excluding carboxylic acids is 4. The Hall–Kier alpha value is -2.12. The molecule has 0 saturated carbocycles. The molecule has 18 heavy (non-hydrogen) atoms. The summed E-state index contributed by atoms with van der Waals surface area (Å²) < 4.78 is 9.20. The quantitative estimate of drug-likeness (QED) is 0.313. The molecule has 1 aliphatic heterocycles. The predicted molar refractivity (Wildman–Crippen MR) is 54.3 cm³/mol. The highest BCUT2D eigenvalue weighted by molar-refractivity contribution is 5.95. The second kappa shape index (κ2) is 7.25. The number of nitrogens with one attached hydrogen (secondary N) is 1. The van der Waals surface area contributed by atoms with Gasteiger partial charge in [-0.25, -0.2) is 4.79 Å². The first-order valence-corrected chi connectivity index (χ1v) is 5.37. The summed E-state index contributed by atoms with van der Waals surface area (Å²) in [5, 5.41) is 0. The van der Waals surface area contributed by atoms with E-state index in [1.165, 1.54) is 0 Å². The highest BCUT2D eigenvalue weighted by Crippen LogP contribution is 2.15. The second-order valence-corrected chi connectivity index (χ2v) is 3.55. The molecular weight excluding hydrogens is 246 g/mol. The van der Waals surface area contributed by atoms with Crippen molar-refractivity contribution in [1.82, 2.24) is 5.48 Å². The average molecular weight is 259 g/mol. The van der Waals surface area contributed by atoms with Crippen LogP contribution in [0.15, 0.2) is 0 Å². The van der Waals surface area contributed by atoms with Crippen LogP contribution in [-0.4, -0.2) is 31.1 Å². The number of hydrogen-bond donors (Lipinski definition) is 1. The molecule has 1 rings (SSSR count). The fourth-order valence-corrected chi connectivity index (χ4v) is 1.43. The number of hydrogen-bond acceptors (Lipinski definition) is 7. The minimum atomic E-state index is -1.13. The standard InChI is InChI=1S/C10H13NO7/c12-5-11-18-10(15)7-3-1-2-4-8(13)16-6-17-9(7)14/h5,7H,1-4,6H2,(H,11,12). The summed E-state index contributed by atoms with van der Waals surface area (Å²) in [4.78, 5) is 48.3. The van der Waals surface area contributed by atoms with Gasteiger partial charge in [0, 0.05) is 6.42 Å². The van der Waals surface area contributed by atoms with Crippen LogP contribution in [0.25, 0.3) is 0 Å². The van der Waals surface area contributed by atoms with Gasteiger partial charge in [-0.2, -0.15) is 5.48 Å². The van der Waals surface area contributed by atoms with Gasteiger partial charge in [0.15, 0.2) is 5.92 Å². The summed E-state index contributed by atoms with van der Waals surface area (Å²) in [6.07, 6.45) is 1.52. The third-order valence-corrected chi connectivity index (χ3v) is 2.32. The molecule has 0 radical (unpaired) electrons. The van der Waals surface area contributed by atoms with Crippen molar-refractivity contribution in [3.63, 3.8) is 0 Å². The Kier molecular flexibility index (Phi) is 5.62. The number of amides is 1. The molecule has 1 unspecified atom stereocenters. The monoisotopic (exact) mass is 259 g/mol. The lowest BCUT2D eigenvalue weighted by atomic mass is 10.0. The zero-order valence-electron chi connectivity index (χ0n) is 9.55. The van der Waals surface area contributed by atoms with Gasteiger partial charge in [-0.1, -0.05) is 6.42 Å². The average Bonchev–Trinajstić information content (AvgIpc) is 2.35. The first kappa shape index (κ1) is 13.9. The Morgan fingerprint density at radius 2 is 2.11 bits per heavy atom. The van der Waals surface area contributed by atoms with E-state index >= 15 is 0 Å². The minimum Gasteiger partial charge on any atom is -0.428 e. The van der Waals surface area contributed by atoms with Crippen molar-refractivity contribution in [3.05, 3.63) is 0 Å². The van der Waals surface area contributed by atoms with Crippen LogP contribution < -0.4 is 5.48 Å². The van der Waals surface area contributed by atoms with Crippen LogP contribution in [-0.2, 0) is 33.5 Å². The third-order valence-electron chi connectivity index (χ3n) is 2.32. The van der Waals surface area contributed by atoms with Crippen molar-refractivity contribution in [2.45, 2.75) is 25.7 Å². The van der Waals surface area contributed by atoms with E-state index in [9.17, 15) is 19.2 Å². The van der Waals surface area contributed by atoms with Crippen molar-refractivity contribution in [3.8, 4) is 0 Å². The van der Waals surface area contributed by atoms with Crippen LogP contribution in [0.1, 0.15) is 25.7 Å². The van der Waals surface area contributed by atoms with E-state index < -0.39 is 30.6 Å². The molecule has 1 saturated heterocycles. The molecule has 0 aromatic carbocycles. The summed E-state index contributed by atoms with van der Waals surface area (Å²) in [6, 6.07) is 0. The zero-order valence-corrected chi connectivity index (χ0v) is 9.55. The van der Waals surface area contributed by atoms with Crippen molar-refractivity contribution in [2.75, 3.05) is 6.79 Å². The van der Waals surface area contributed by atoms with E-state index in [1.807, 2.05) is 0 Å². The molecule has 1 amide bonds. The van der Waals surface area contributed by atoms with Crippen molar-refractivity contribution in [1.29, 1.82) is 0 Å². The van der Waals surface area contributed by atoms with E-state index in [4.69, 9.17) is 0 Å². The Morgan fingerprint density at radius 3 is 2.83 bits per heavy atom. The highest BCUT2D eigenvalue weighted by atomic mass is 16.7. The molecule has 1 N–H and O–H groups in total. The Bertz CT molecular complexity index is 341. The Balaban J connectivity index is 2.57. The van der Waals surface area contributed by atoms with Gasteiger partial charge in [0.25, 0.3) is 0 Å². The van der Waals surface area contributed by atoms with Gasteiger partial charge in [0.05, 0.1) is 0 Å². The molecule has 8 nitrogen and oxygen atoms in total. The van der Waals surface area contributed by atoms with Gasteiger partial charge in [-0.3, -0.25) is 14.4 Å². The lowest BCUT2D eigenvalue weighted by Crippen LogP contribution is -2.32. The molecule has 1 fully saturated rings. The predicted octanol–water partition coefficient (Wildman–Crippen LogP) is -0.575. The molecule has 1 aliphatic rings. The summed E-state index contributed by atoms with van der Waals surface area (Å²) in [5.74, 6) is -3.33. The maximum absolute atomic E-state index is 11.5. The Morgan fingerprint density at radius 1 is 1.33 bits per heavy atom. The van der Waals surface area contributed by atoms with Crippen molar-refractivity contribution in [2.24, 2.45) is 5.92 Å². The van der Waals surface area contributed by atoms with Gasteiger partial charge in [-0.05, 0) is 12.8 Å². The number of esters is 2. The van der Waals surface area contributed by atoms with Crippen LogP contribution in [0.4, 0.5) is 0 Å². The number of cyclic esters (lactones) is 2. The number of rotatable bonds is 3. The Labute approximate surface area is 103 Å². The largest absolute Gasteiger partial charge is 0.428 e. The normalized spacial score (nSPS) is 21.2. The second-order valence-electron chi connectivity index (χ2n) is 3.55. The van der Waals surface area contributed by atoms with Crippen molar-refractivity contribution < 1.29 is 33.5 Å². The van der Waals surface area contributed by atoms with Crippen LogP contribution >= 0.6 is 0 Å². The van der Waals surface area contributed by atoms with Crippen LogP contribution in [0, 0.1) is 5.92 Å². The summed E-state index contributed by atoms with van der Waals surface area (Å²) >= 11 is 0. The topological polar surface area (TPSA) is 108 Å². The highest BCUT2D eigenvalue weighted by Gasteiger charge is 2.30. The SMILES string of the molecule is O=CNOC(=O)C1CCCCC(=O)OCOC1=O. The van der Waals surface area contributed by atoms with Gasteiger partial charge in [-0.15, -0.1) is 0 Å². The fourth-order valence-electron chi connectivity index (χ4n) is 1.43. The van der Waals surface area contributed by atoms with Gasteiger partial charge >= 0.3 is 17.9 Å². The van der Waals surface area contributed by atoms with E-state index in [0.29, 0.717) is 12.8 Å². The van der Waals surface area contributed by atoms with E-state index in [1.54, 1.807) is 5.48 Å². The summed E-state index contributed by atoms with van der Waals surface area (Å²) in [5.41, 5.74) is 1.71. The van der Waals surface area contributed by atoms with Crippen LogP contribution in [0.2, 0.25) is 0 Å². The summed E-state index contributed by atoms with van der Waals surface area (Å²) in [7, 11) is 0. The molecule has 8 heteroatoms. The summed E-state index contributed by atoms with van der Waals surface area (Å²) in [6.45, 7) is -0.525. The minimum absolute atomic E-state index is 0.172. The van der Waals surface area contributed by atoms with Crippen LogP contribution in [0.3, 0.4) is 0 Å². The van der Waals surface area contributed by atoms with E-state index in [0.717, 1.165) is 0 Å². The zero-order chi connectivity index (χ0) is 13.4. The smallest absolute Gasteiger partial charge is 0.346 e. The molecular formula is C10H13NO7. The first-order valence-electron chi connectivity index (χ1n) is 5.37. The third kappa shape index (κ3) is 4.40. The lowest BCUT2D eigenvalue weighted by molar-refractivity contribution is -0.178. The molecule has 1 atom stereocenters. The van der Waals surface area contributed by atoms with Gasteiger partial charge in [0.2, 0.25) is 13.2 Å². The fraction of sp³-hybridized carbons (Fsp3) is 0.600. The molecule has 100 valence electrons. The molecule has 0 aliphatic carbocycles. The number of hydroxylamine groups is 1. The molecule has 1 heterocycles. The first-order chi connectivity index (χ1) is 8.65. The molecule has 0 spiro atoms. The van der Waals surface area contributed by atoms with Crippen molar-refractivity contribution >= 4 is 24.3 Å². The maximum atomic E-state index is 11.5. The lowest BCUT2D eigenvalue weighted by Gasteiger charge is -2.15. The number of carbonyl (C=O) groups is 4. The van der Waals surface area contributed by atoms with E-state index in [-0.39, 0.29) is 19.3 Å². The molecule has 0 aromatic heterocycles. The van der Waals surface area contributed by atoms with Gasteiger partial charge in [0.1, 0.15) is 0 Å². The van der Waals surface area contributed by atoms with E-state index in [2.05, 4.69) is 14.3 Å². The van der Waals surface area contributed by atoms with Crippen LogP contribution in [0.5, 0.6) is 0 Å².